The number of hydrogen-bond donors (Lipinski definition) is 6. The van der Waals surface area contributed by atoms with Crippen LogP contribution >= 0.6 is 0 Å². The summed E-state index contributed by atoms with van der Waals surface area (Å²) in [4.78, 5) is 38.6. The predicted octanol–water partition coefficient (Wildman–Crippen LogP) is -1.38. The number of aliphatic hydroxyl groups excluding tert-OH is 1. The summed E-state index contributed by atoms with van der Waals surface area (Å²) in [5.74, 6) is -3.97. The van der Waals surface area contributed by atoms with Gasteiger partial charge in [-0.3, -0.25) is 14.4 Å². The highest BCUT2D eigenvalue weighted by Crippen LogP contribution is 2.24. The van der Waals surface area contributed by atoms with Crippen molar-refractivity contribution >= 4 is 17.7 Å². The average molecular weight is 451 g/mol. The van der Waals surface area contributed by atoms with Gasteiger partial charge < -0.3 is 36.6 Å². The number of amides is 3. The van der Waals surface area contributed by atoms with E-state index in [1.807, 2.05) is 0 Å². The molecule has 0 aliphatic carbocycles. The normalized spacial score (nSPS) is 20.2. The minimum Gasteiger partial charge on any atom is -0.394 e. The molecule has 1 aromatic carbocycles. The van der Waals surface area contributed by atoms with Gasteiger partial charge in [0.25, 0.3) is 0 Å². The van der Waals surface area contributed by atoms with Crippen LogP contribution in [0, 0.1) is 0 Å². The lowest BCUT2D eigenvalue weighted by Crippen LogP contribution is -2.71. The molecule has 1 fully saturated rings. The number of nitrogens with two attached hydrogens (primary N) is 1. The monoisotopic (exact) mass is 450 g/mol. The number of nitrogens with zero attached hydrogens (tertiary/aromatic N) is 1. The predicted molar refractivity (Wildman–Crippen MR) is 117 cm³/mol. The molecular weight excluding hydrogens is 416 g/mol. The highest BCUT2D eigenvalue weighted by atomic mass is 16.5. The third-order valence-electron chi connectivity index (χ3n) is 5.97. The van der Waals surface area contributed by atoms with Crippen LogP contribution in [0.2, 0.25) is 0 Å². The third kappa shape index (κ3) is 5.83. The SMILES string of the molecule is CC(=O)N1CCC[C@H]1C(=O)N[C@@H](C)C(=O)N[C@@H](Cc1ccccc1)C(O)(O)[C@@](C)(N)CO. The largest absolute Gasteiger partial charge is 0.394 e. The summed E-state index contributed by atoms with van der Waals surface area (Å²) in [7, 11) is 0. The first-order valence-electron chi connectivity index (χ1n) is 10.7. The van der Waals surface area contributed by atoms with Gasteiger partial charge in [0.2, 0.25) is 23.5 Å². The minimum absolute atomic E-state index is 0.0216. The number of hydrogen-bond acceptors (Lipinski definition) is 7. The molecule has 1 aromatic rings. The zero-order valence-electron chi connectivity index (χ0n) is 18.7. The Hall–Kier alpha value is -2.53. The maximum Gasteiger partial charge on any atom is 0.243 e. The molecule has 0 bridgehead atoms. The molecule has 3 amide bonds. The zero-order valence-corrected chi connectivity index (χ0v) is 18.7. The van der Waals surface area contributed by atoms with Gasteiger partial charge >= 0.3 is 0 Å². The summed E-state index contributed by atoms with van der Waals surface area (Å²) in [5, 5.41) is 36.2. The van der Waals surface area contributed by atoms with E-state index < -0.39 is 47.9 Å². The molecule has 0 unspecified atom stereocenters. The van der Waals surface area contributed by atoms with Crippen LogP contribution < -0.4 is 16.4 Å². The van der Waals surface area contributed by atoms with Crippen molar-refractivity contribution in [1.82, 2.24) is 15.5 Å². The van der Waals surface area contributed by atoms with Crippen LogP contribution in [0.4, 0.5) is 0 Å². The topological polar surface area (TPSA) is 165 Å². The average Bonchev–Trinajstić information content (AvgIpc) is 3.24. The van der Waals surface area contributed by atoms with E-state index in [-0.39, 0.29) is 12.3 Å². The van der Waals surface area contributed by atoms with E-state index in [0.717, 1.165) is 0 Å². The molecule has 0 aromatic heterocycles. The van der Waals surface area contributed by atoms with E-state index >= 15 is 0 Å². The van der Waals surface area contributed by atoms with E-state index in [1.165, 1.54) is 25.7 Å². The molecule has 1 saturated heterocycles. The summed E-state index contributed by atoms with van der Waals surface area (Å²) in [6.45, 7) is 3.86. The van der Waals surface area contributed by atoms with Crippen LogP contribution in [-0.2, 0) is 20.8 Å². The number of aliphatic hydroxyl groups is 3. The number of nitrogens with one attached hydrogen (secondary N) is 2. The van der Waals surface area contributed by atoms with Gasteiger partial charge in [-0.25, -0.2) is 0 Å². The van der Waals surface area contributed by atoms with Crippen molar-refractivity contribution in [3.8, 4) is 0 Å². The molecule has 178 valence electrons. The van der Waals surface area contributed by atoms with Gasteiger partial charge in [0.05, 0.1) is 18.2 Å². The van der Waals surface area contributed by atoms with Gasteiger partial charge in [-0.15, -0.1) is 0 Å². The van der Waals surface area contributed by atoms with Crippen LogP contribution in [0.15, 0.2) is 30.3 Å². The van der Waals surface area contributed by atoms with Gasteiger partial charge in [0.1, 0.15) is 12.1 Å². The Balaban J connectivity index is 2.14. The Kier molecular flexibility index (Phi) is 8.35. The van der Waals surface area contributed by atoms with Crippen LogP contribution in [0.5, 0.6) is 0 Å². The van der Waals surface area contributed by atoms with Gasteiger partial charge in [0.15, 0.2) is 0 Å². The zero-order chi connectivity index (χ0) is 24.1. The molecule has 1 aliphatic heterocycles. The molecular formula is C22H34N4O6. The van der Waals surface area contributed by atoms with Crippen molar-refractivity contribution in [2.45, 2.75) is 69.5 Å². The van der Waals surface area contributed by atoms with Crippen LogP contribution in [0.25, 0.3) is 0 Å². The van der Waals surface area contributed by atoms with Crippen molar-refractivity contribution < 1.29 is 29.7 Å². The lowest BCUT2D eigenvalue weighted by atomic mass is 9.84. The smallest absolute Gasteiger partial charge is 0.243 e. The number of carbonyl (C=O) groups is 3. The second-order valence-electron chi connectivity index (χ2n) is 8.65. The molecule has 7 N–H and O–H groups in total. The molecule has 32 heavy (non-hydrogen) atoms. The number of likely N-dealkylation sites (tertiary alicyclic amines) is 1. The van der Waals surface area contributed by atoms with Crippen molar-refractivity contribution in [3.63, 3.8) is 0 Å². The van der Waals surface area contributed by atoms with Crippen LogP contribution in [-0.4, -0.2) is 80.5 Å². The van der Waals surface area contributed by atoms with Crippen molar-refractivity contribution in [3.05, 3.63) is 35.9 Å². The lowest BCUT2D eigenvalue weighted by Gasteiger charge is -2.42. The molecule has 10 nitrogen and oxygen atoms in total. The minimum atomic E-state index is -2.66. The van der Waals surface area contributed by atoms with E-state index in [4.69, 9.17) is 5.73 Å². The second kappa shape index (κ2) is 10.4. The Bertz CT molecular complexity index is 814. The molecule has 0 saturated carbocycles. The van der Waals surface area contributed by atoms with E-state index in [0.29, 0.717) is 24.9 Å². The Morgan fingerprint density at radius 3 is 2.41 bits per heavy atom. The molecule has 10 heteroatoms. The van der Waals surface area contributed by atoms with Gasteiger partial charge in [0, 0.05) is 13.5 Å². The van der Waals surface area contributed by atoms with Crippen molar-refractivity contribution in [2.75, 3.05) is 13.2 Å². The molecule has 0 spiro atoms. The first-order chi connectivity index (χ1) is 14.9. The van der Waals surface area contributed by atoms with Crippen LogP contribution in [0.3, 0.4) is 0 Å². The highest BCUT2D eigenvalue weighted by Gasteiger charge is 2.49. The van der Waals surface area contributed by atoms with E-state index in [2.05, 4.69) is 10.6 Å². The van der Waals surface area contributed by atoms with Crippen molar-refractivity contribution in [1.29, 1.82) is 0 Å². The molecule has 1 aliphatic rings. The Morgan fingerprint density at radius 2 is 1.84 bits per heavy atom. The quantitative estimate of drug-likeness (QED) is 0.252. The molecule has 4 atom stereocenters. The fourth-order valence-electron chi connectivity index (χ4n) is 3.75. The number of rotatable bonds is 9. The first-order valence-corrected chi connectivity index (χ1v) is 10.7. The molecule has 0 radical (unpaired) electrons. The van der Waals surface area contributed by atoms with Crippen LogP contribution in [0.1, 0.15) is 39.2 Å². The summed E-state index contributed by atoms with van der Waals surface area (Å²) in [6.07, 6.45) is 1.23. The van der Waals surface area contributed by atoms with E-state index in [1.54, 1.807) is 30.3 Å². The molecule has 2 rings (SSSR count). The number of benzene rings is 1. The summed E-state index contributed by atoms with van der Waals surface area (Å²) < 4.78 is 0. The van der Waals surface area contributed by atoms with Crippen molar-refractivity contribution in [2.24, 2.45) is 5.73 Å². The maximum atomic E-state index is 12.8. The summed E-state index contributed by atoms with van der Waals surface area (Å²) in [5.41, 5.74) is 4.77. The molecule has 1 heterocycles. The lowest BCUT2D eigenvalue weighted by molar-refractivity contribution is -0.232. The van der Waals surface area contributed by atoms with Gasteiger partial charge in [-0.1, -0.05) is 30.3 Å². The van der Waals surface area contributed by atoms with E-state index in [9.17, 15) is 29.7 Å². The standard InChI is InChI=1S/C22H34N4O6/c1-14(24-20(30)17-10-7-11-26(17)15(2)28)19(29)25-18(12-16-8-5-4-6-9-16)22(31,32)21(3,23)13-27/h4-6,8-9,14,17-18,27,31-32H,7,10-13,23H2,1-3H3,(H,24,30)(H,25,29)/t14-,17-,18-,21-/m0/s1. The third-order valence-corrected chi connectivity index (χ3v) is 5.97. The maximum absolute atomic E-state index is 12.8. The Morgan fingerprint density at radius 1 is 1.22 bits per heavy atom. The number of carbonyl (C=O) groups excluding carboxylic acids is 3. The second-order valence-corrected chi connectivity index (χ2v) is 8.65. The highest BCUT2D eigenvalue weighted by molar-refractivity contribution is 5.92. The fourth-order valence-corrected chi connectivity index (χ4v) is 3.75. The first kappa shape index (κ1) is 25.7. The van der Waals surface area contributed by atoms with Gasteiger partial charge in [-0.2, -0.15) is 0 Å². The summed E-state index contributed by atoms with van der Waals surface area (Å²) in [6, 6.07) is 5.91. The van der Waals surface area contributed by atoms with Gasteiger partial charge in [-0.05, 0) is 38.7 Å². The fraction of sp³-hybridized carbons (Fsp3) is 0.591. The Labute approximate surface area is 187 Å². The summed E-state index contributed by atoms with van der Waals surface area (Å²) >= 11 is 0.